The summed E-state index contributed by atoms with van der Waals surface area (Å²) in [5.74, 6) is -0.800. The Kier molecular flexibility index (Phi) is 7.28. The largest absolute Gasteiger partial charge is 0.418 e. The van der Waals surface area contributed by atoms with Gasteiger partial charge in [0.1, 0.15) is 0 Å². The SMILES string of the molecule is CCCCn1c(SCC(=O)Nc2ccc([N+](=O)[O-])cc2C(F)(F)F)nc(C)c1C. The number of aromatic nitrogens is 2. The van der Waals surface area contributed by atoms with Gasteiger partial charge in [-0.15, -0.1) is 0 Å². The molecule has 2 rings (SSSR count). The number of hydrogen-bond donors (Lipinski definition) is 1. The first-order valence-electron chi connectivity index (χ1n) is 8.86. The summed E-state index contributed by atoms with van der Waals surface area (Å²) in [5, 5.41) is 13.6. The van der Waals surface area contributed by atoms with Gasteiger partial charge in [-0.25, -0.2) is 4.98 Å². The summed E-state index contributed by atoms with van der Waals surface area (Å²) in [6, 6.07) is 2.22. The third kappa shape index (κ3) is 5.72. The molecule has 1 N–H and O–H groups in total. The summed E-state index contributed by atoms with van der Waals surface area (Å²) in [4.78, 5) is 26.5. The number of hydrogen-bond acceptors (Lipinski definition) is 5. The van der Waals surface area contributed by atoms with Gasteiger partial charge in [0.2, 0.25) is 5.91 Å². The maximum atomic E-state index is 13.2. The Balaban J connectivity index is 2.14. The van der Waals surface area contributed by atoms with Crippen LogP contribution in [0.4, 0.5) is 24.5 Å². The van der Waals surface area contributed by atoms with Crippen molar-refractivity contribution in [3.05, 3.63) is 45.3 Å². The molecule has 0 saturated carbocycles. The van der Waals surface area contributed by atoms with Gasteiger partial charge >= 0.3 is 6.18 Å². The molecule has 11 heteroatoms. The lowest BCUT2D eigenvalue weighted by molar-refractivity contribution is -0.385. The summed E-state index contributed by atoms with van der Waals surface area (Å²) >= 11 is 1.13. The van der Waals surface area contributed by atoms with Crippen LogP contribution in [0.25, 0.3) is 0 Å². The van der Waals surface area contributed by atoms with Gasteiger partial charge in [-0.1, -0.05) is 25.1 Å². The van der Waals surface area contributed by atoms with Crippen molar-refractivity contribution in [1.82, 2.24) is 9.55 Å². The van der Waals surface area contributed by atoms with E-state index in [9.17, 15) is 28.1 Å². The molecule has 0 aliphatic heterocycles. The number of nitro benzene ring substituents is 1. The molecule has 0 bridgehead atoms. The van der Waals surface area contributed by atoms with Crippen LogP contribution in [-0.4, -0.2) is 26.1 Å². The number of anilines is 1. The Labute approximate surface area is 169 Å². The smallest absolute Gasteiger partial charge is 0.325 e. The summed E-state index contributed by atoms with van der Waals surface area (Å²) in [5.41, 5.74) is -0.667. The highest BCUT2D eigenvalue weighted by atomic mass is 32.2. The Morgan fingerprint density at radius 2 is 2.03 bits per heavy atom. The van der Waals surface area contributed by atoms with Gasteiger partial charge < -0.3 is 9.88 Å². The standard InChI is InChI=1S/C18H21F3N4O3S/c1-4-5-8-24-12(3)11(2)22-17(24)29-10-16(26)23-15-7-6-13(25(27)28)9-14(15)18(19,20)21/h6-7,9H,4-5,8,10H2,1-3H3,(H,23,26). The van der Waals surface area contributed by atoms with Crippen molar-refractivity contribution in [2.75, 3.05) is 11.1 Å². The van der Waals surface area contributed by atoms with Crippen LogP contribution in [0.5, 0.6) is 0 Å². The first-order chi connectivity index (χ1) is 13.5. The number of imidazole rings is 1. The molecule has 0 unspecified atom stereocenters. The average molecular weight is 430 g/mol. The molecule has 0 aliphatic rings. The van der Waals surface area contributed by atoms with Gasteiger partial charge in [-0.3, -0.25) is 14.9 Å². The minimum absolute atomic E-state index is 0.143. The highest BCUT2D eigenvalue weighted by molar-refractivity contribution is 7.99. The number of unbranched alkanes of at least 4 members (excludes halogenated alkanes) is 1. The van der Waals surface area contributed by atoms with E-state index in [2.05, 4.69) is 17.2 Å². The van der Waals surface area contributed by atoms with Gasteiger partial charge in [0.15, 0.2) is 5.16 Å². The molecule has 1 amide bonds. The predicted octanol–water partition coefficient (Wildman–Crippen LogP) is 4.96. The lowest BCUT2D eigenvalue weighted by Crippen LogP contribution is -2.18. The fourth-order valence-corrected chi connectivity index (χ4v) is 3.54. The van der Waals surface area contributed by atoms with E-state index in [-0.39, 0.29) is 5.75 Å². The number of carbonyl (C=O) groups excluding carboxylic acids is 1. The topological polar surface area (TPSA) is 90.1 Å². The molecule has 0 radical (unpaired) electrons. The number of thioether (sulfide) groups is 1. The molecule has 1 aromatic heterocycles. The maximum absolute atomic E-state index is 13.2. The highest BCUT2D eigenvalue weighted by Gasteiger charge is 2.35. The second-order valence-electron chi connectivity index (χ2n) is 6.39. The fourth-order valence-electron chi connectivity index (χ4n) is 2.62. The van der Waals surface area contributed by atoms with E-state index in [0.29, 0.717) is 11.2 Å². The van der Waals surface area contributed by atoms with Gasteiger partial charge in [0.05, 0.1) is 27.6 Å². The molecule has 0 fully saturated rings. The van der Waals surface area contributed by atoms with Crippen LogP contribution < -0.4 is 5.32 Å². The molecule has 7 nitrogen and oxygen atoms in total. The van der Waals surface area contributed by atoms with Crippen molar-refractivity contribution in [2.24, 2.45) is 0 Å². The summed E-state index contributed by atoms with van der Waals surface area (Å²) in [6.45, 7) is 6.58. The maximum Gasteiger partial charge on any atom is 0.418 e. The quantitative estimate of drug-likeness (QED) is 0.363. The van der Waals surface area contributed by atoms with E-state index in [0.717, 1.165) is 54.7 Å². The van der Waals surface area contributed by atoms with Crippen molar-refractivity contribution < 1.29 is 22.9 Å². The molecular formula is C18H21F3N4O3S. The zero-order chi connectivity index (χ0) is 21.8. The Morgan fingerprint density at radius 1 is 1.34 bits per heavy atom. The molecule has 0 saturated heterocycles. The molecule has 1 heterocycles. The van der Waals surface area contributed by atoms with E-state index < -0.39 is 33.9 Å². The van der Waals surface area contributed by atoms with Crippen molar-refractivity contribution in [1.29, 1.82) is 0 Å². The second-order valence-corrected chi connectivity index (χ2v) is 7.33. The third-order valence-corrected chi connectivity index (χ3v) is 5.26. The van der Waals surface area contributed by atoms with Crippen molar-refractivity contribution in [3.8, 4) is 0 Å². The van der Waals surface area contributed by atoms with Gasteiger partial charge in [-0.2, -0.15) is 13.2 Å². The lowest BCUT2D eigenvalue weighted by atomic mass is 10.1. The first kappa shape index (κ1) is 22.7. The number of alkyl halides is 3. The number of nitrogens with one attached hydrogen (secondary N) is 1. The zero-order valence-electron chi connectivity index (χ0n) is 16.2. The number of halogens is 3. The fraction of sp³-hybridized carbons (Fsp3) is 0.444. The Morgan fingerprint density at radius 3 is 2.62 bits per heavy atom. The minimum Gasteiger partial charge on any atom is -0.325 e. The highest BCUT2D eigenvalue weighted by Crippen LogP contribution is 2.37. The third-order valence-electron chi connectivity index (χ3n) is 4.28. The monoisotopic (exact) mass is 430 g/mol. The molecule has 2 aromatic rings. The summed E-state index contributed by atoms with van der Waals surface area (Å²) < 4.78 is 41.6. The van der Waals surface area contributed by atoms with E-state index in [1.54, 1.807) is 0 Å². The normalized spacial score (nSPS) is 11.5. The van der Waals surface area contributed by atoms with E-state index >= 15 is 0 Å². The minimum atomic E-state index is -4.84. The van der Waals surface area contributed by atoms with Gasteiger partial charge in [0, 0.05) is 24.4 Å². The van der Waals surface area contributed by atoms with Crippen LogP contribution >= 0.6 is 11.8 Å². The zero-order valence-corrected chi connectivity index (χ0v) is 17.0. The van der Waals surface area contributed by atoms with Crippen molar-refractivity contribution >= 4 is 29.0 Å². The molecule has 29 heavy (non-hydrogen) atoms. The number of non-ortho nitro benzene ring substituents is 1. The number of aryl methyl sites for hydroxylation is 1. The average Bonchev–Trinajstić information content (AvgIpc) is 2.91. The number of carbonyl (C=O) groups is 1. The van der Waals surface area contributed by atoms with Crippen molar-refractivity contribution in [2.45, 2.75) is 51.5 Å². The van der Waals surface area contributed by atoms with Crippen molar-refractivity contribution in [3.63, 3.8) is 0 Å². The van der Waals surface area contributed by atoms with Crippen LogP contribution in [0.1, 0.15) is 36.7 Å². The Bertz CT molecular complexity index is 912. The first-order valence-corrected chi connectivity index (χ1v) is 9.85. The molecule has 0 aliphatic carbocycles. The number of nitro groups is 1. The van der Waals surface area contributed by atoms with Gasteiger partial charge in [0.25, 0.3) is 5.69 Å². The van der Waals surface area contributed by atoms with Crippen LogP contribution in [-0.2, 0) is 17.5 Å². The molecule has 158 valence electrons. The van der Waals surface area contributed by atoms with Crippen LogP contribution in [0.2, 0.25) is 0 Å². The second kappa shape index (κ2) is 9.29. The molecule has 0 atom stereocenters. The predicted molar refractivity (Wildman–Crippen MR) is 104 cm³/mol. The van der Waals surface area contributed by atoms with E-state index in [1.807, 2.05) is 18.4 Å². The summed E-state index contributed by atoms with van der Waals surface area (Å²) in [6.07, 6.45) is -2.91. The van der Waals surface area contributed by atoms with Crippen LogP contribution in [0.15, 0.2) is 23.4 Å². The molecular weight excluding hydrogens is 409 g/mol. The van der Waals surface area contributed by atoms with Crippen LogP contribution in [0.3, 0.4) is 0 Å². The van der Waals surface area contributed by atoms with E-state index in [1.165, 1.54) is 0 Å². The molecule has 0 spiro atoms. The lowest BCUT2D eigenvalue weighted by Gasteiger charge is -2.14. The number of benzene rings is 1. The number of amides is 1. The number of rotatable bonds is 8. The van der Waals surface area contributed by atoms with Gasteiger partial charge in [-0.05, 0) is 26.3 Å². The molecule has 1 aromatic carbocycles. The summed E-state index contributed by atoms with van der Waals surface area (Å²) in [7, 11) is 0. The Hall–Kier alpha value is -2.56. The number of nitrogens with zero attached hydrogens (tertiary/aromatic N) is 3. The van der Waals surface area contributed by atoms with E-state index in [4.69, 9.17) is 0 Å². The van der Waals surface area contributed by atoms with Crippen LogP contribution in [0, 0.1) is 24.0 Å².